The van der Waals surface area contributed by atoms with E-state index in [1.54, 1.807) is 12.1 Å². The zero-order valence-corrected chi connectivity index (χ0v) is 7.22. The molecule has 1 rings (SSSR count). The topological polar surface area (TPSA) is 49.3 Å². The van der Waals surface area contributed by atoms with Gasteiger partial charge in [0.25, 0.3) is 0 Å². The first-order valence-electron chi connectivity index (χ1n) is 3.36. The number of phenols is 1. The van der Waals surface area contributed by atoms with Crippen LogP contribution in [0.25, 0.3) is 0 Å². The lowest BCUT2D eigenvalue weighted by molar-refractivity contribution is -0.114. The van der Waals surface area contributed by atoms with Gasteiger partial charge in [-0.2, -0.15) is 0 Å². The molecule has 0 aromatic heterocycles. The number of nitrogens with one attached hydrogen (secondary N) is 1. The van der Waals surface area contributed by atoms with Crippen molar-refractivity contribution in [2.75, 3.05) is 5.32 Å². The molecular weight excluding hydrogens is 178 g/mol. The molecule has 3 nitrogen and oxygen atoms in total. The van der Waals surface area contributed by atoms with Gasteiger partial charge < -0.3 is 10.4 Å². The maximum absolute atomic E-state index is 10.6. The molecule has 0 bridgehead atoms. The monoisotopic (exact) mass is 185 g/mol. The summed E-state index contributed by atoms with van der Waals surface area (Å²) in [6.45, 7) is 1.38. The van der Waals surface area contributed by atoms with E-state index in [0.29, 0.717) is 5.69 Å². The van der Waals surface area contributed by atoms with Gasteiger partial charge in [0.1, 0.15) is 10.8 Å². The number of carbonyl (C=O) groups is 1. The quantitative estimate of drug-likeness (QED) is 0.703. The first-order valence-corrected chi connectivity index (χ1v) is 3.74. The van der Waals surface area contributed by atoms with Crippen LogP contribution in [0.5, 0.6) is 5.75 Å². The zero-order chi connectivity index (χ0) is 9.14. The number of hydrogen-bond acceptors (Lipinski definition) is 2. The van der Waals surface area contributed by atoms with E-state index in [0.717, 1.165) is 0 Å². The third kappa shape index (κ3) is 1.89. The summed E-state index contributed by atoms with van der Waals surface area (Å²) in [5.41, 5.74) is 0.421. The molecule has 4 heteroatoms. The van der Waals surface area contributed by atoms with Gasteiger partial charge in [-0.1, -0.05) is 17.7 Å². The van der Waals surface area contributed by atoms with Crippen molar-refractivity contribution < 1.29 is 9.90 Å². The smallest absolute Gasteiger partial charge is 0.221 e. The average Bonchev–Trinajstić information content (AvgIpc) is 1.98. The van der Waals surface area contributed by atoms with Crippen molar-refractivity contribution in [2.24, 2.45) is 0 Å². The lowest BCUT2D eigenvalue weighted by atomic mass is 10.3. The second-order valence-electron chi connectivity index (χ2n) is 2.32. The summed E-state index contributed by atoms with van der Waals surface area (Å²) in [7, 11) is 0. The molecule has 12 heavy (non-hydrogen) atoms. The van der Waals surface area contributed by atoms with Crippen molar-refractivity contribution >= 4 is 23.2 Å². The van der Waals surface area contributed by atoms with Crippen LogP contribution in [0.15, 0.2) is 18.2 Å². The molecule has 0 heterocycles. The highest BCUT2D eigenvalue weighted by molar-refractivity contribution is 6.35. The molecule has 0 radical (unpaired) electrons. The number of phenolic OH excluding ortho intramolecular Hbond substituents is 1. The average molecular weight is 186 g/mol. The number of carbonyl (C=O) groups excluding carboxylic acids is 1. The molecule has 0 fully saturated rings. The van der Waals surface area contributed by atoms with Gasteiger partial charge in [0.15, 0.2) is 0 Å². The fraction of sp³-hybridized carbons (Fsp3) is 0.125. The number of benzene rings is 1. The number of rotatable bonds is 1. The van der Waals surface area contributed by atoms with Gasteiger partial charge in [-0.3, -0.25) is 4.79 Å². The Morgan fingerprint density at radius 2 is 2.25 bits per heavy atom. The van der Waals surface area contributed by atoms with E-state index in [-0.39, 0.29) is 16.7 Å². The minimum Gasteiger partial charge on any atom is -0.506 e. The molecule has 0 aliphatic rings. The summed E-state index contributed by atoms with van der Waals surface area (Å²) in [6.07, 6.45) is 0. The molecule has 0 spiro atoms. The Labute approximate surface area is 75.0 Å². The van der Waals surface area contributed by atoms with Gasteiger partial charge in [-0.05, 0) is 12.1 Å². The van der Waals surface area contributed by atoms with Crippen LogP contribution < -0.4 is 5.32 Å². The van der Waals surface area contributed by atoms with Gasteiger partial charge in [0.05, 0.1) is 5.69 Å². The first kappa shape index (κ1) is 8.87. The van der Waals surface area contributed by atoms with Crippen molar-refractivity contribution in [1.82, 2.24) is 0 Å². The predicted octanol–water partition coefficient (Wildman–Crippen LogP) is 2.00. The van der Waals surface area contributed by atoms with Gasteiger partial charge in [-0.15, -0.1) is 0 Å². The summed E-state index contributed by atoms with van der Waals surface area (Å²) in [5, 5.41) is 11.8. The van der Waals surface area contributed by atoms with E-state index in [2.05, 4.69) is 5.32 Å². The van der Waals surface area contributed by atoms with E-state index in [4.69, 9.17) is 16.7 Å². The van der Waals surface area contributed by atoms with E-state index >= 15 is 0 Å². The Kier molecular flexibility index (Phi) is 2.55. The van der Waals surface area contributed by atoms with Gasteiger partial charge in [-0.25, -0.2) is 0 Å². The Morgan fingerprint density at radius 1 is 1.58 bits per heavy atom. The first-order chi connectivity index (χ1) is 5.61. The van der Waals surface area contributed by atoms with Crippen LogP contribution in [0.4, 0.5) is 5.69 Å². The van der Waals surface area contributed by atoms with Crippen LogP contribution in [0.1, 0.15) is 6.92 Å². The lowest BCUT2D eigenvalue weighted by Crippen LogP contribution is -2.05. The molecule has 0 atom stereocenters. The van der Waals surface area contributed by atoms with Crippen molar-refractivity contribution in [3.8, 4) is 5.75 Å². The Hall–Kier alpha value is -1.22. The summed E-state index contributed by atoms with van der Waals surface area (Å²) < 4.78 is 0. The van der Waals surface area contributed by atoms with E-state index in [1.165, 1.54) is 13.0 Å². The molecule has 1 amide bonds. The Bertz CT molecular complexity index is 312. The van der Waals surface area contributed by atoms with E-state index in [1.807, 2.05) is 0 Å². The molecule has 1 aromatic carbocycles. The molecule has 0 unspecified atom stereocenters. The number of aromatic hydroxyl groups is 1. The minimum atomic E-state index is -0.220. The molecule has 0 aliphatic carbocycles. The molecule has 0 saturated heterocycles. The number of amides is 1. The highest BCUT2D eigenvalue weighted by atomic mass is 35.5. The summed E-state index contributed by atoms with van der Waals surface area (Å²) in [4.78, 5) is 10.6. The van der Waals surface area contributed by atoms with Crippen LogP contribution in [0, 0.1) is 0 Å². The standard InChI is InChI=1S/C8H8ClNO2/c1-5(11)10-6-3-2-4-7(12)8(6)9/h2-4,12H,1H3,(H,10,11). The van der Waals surface area contributed by atoms with Crippen LogP contribution in [-0.2, 0) is 4.79 Å². The number of hydrogen-bond donors (Lipinski definition) is 2. The van der Waals surface area contributed by atoms with Crippen LogP contribution >= 0.6 is 11.6 Å². The fourth-order valence-corrected chi connectivity index (χ4v) is 0.979. The van der Waals surface area contributed by atoms with E-state index < -0.39 is 0 Å². The maximum atomic E-state index is 10.6. The largest absolute Gasteiger partial charge is 0.506 e. The second kappa shape index (κ2) is 3.45. The van der Waals surface area contributed by atoms with E-state index in [9.17, 15) is 4.79 Å². The number of anilines is 1. The predicted molar refractivity (Wildman–Crippen MR) is 47.4 cm³/mol. The van der Waals surface area contributed by atoms with Crippen molar-refractivity contribution in [3.63, 3.8) is 0 Å². The van der Waals surface area contributed by atoms with Gasteiger partial charge in [0, 0.05) is 6.92 Å². The minimum absolute atomic E-state index is 0.0390. The van der Waals surface area contributed by atoms with Gasteiger partial charge >= 0.3 is 0 Å². The molecular formula is C8H8ClNO2. The third-order valence-corrected chi connectivity index (χ3v) is 1.69. The number of halogens is 1. The highest BCUT2D eigenvalue weighted by Gasteiger charge is 2.04. The van der Waals surface area contributed by atoms with Crippen LogP contribution in [-0.4, -0.2) is 11.0 Å². The zero-order valence-electron chi connectivity index (χ0n) is 6.47. The summed E-state index contributed by atoms with van der Waals surface area (Å²) in [6, 6.07) is 4.67. The summed E-state index contributed by atoms with van der Waals surface area (Å²) >= 11 is 5.67. The van der Waals surface area contributed by atoms with Crippen LogP contribution in [0.3, 0.4) is 0 Å². The lowest BCUT2D eigenvalue weighted by Gasteiger charge is -2.04. The molecule has 1 aromatic rings. The highest BCUT2D eigenvalue weighted by Crippen LogP contribution is 2.30. The molecule has 0 aliphatic heterocycles. The van der Waals surface area contributed by atoms with Crippen LogP contribution in [0.2, 0.25) is 5.02 Å². The normalized spacial score (nSPS) is 9.50. The third-order valence-electron chi connectivity index (χ3n) is 1.29. The van der Waals surface area contributed by atoms with Crippen molar-refractivity contribution in [1.29, 1.82) is 0 Å². The fourth-order valence-electron chi connectivity index (χ4n) is 0.806. The van der Waals surface area contributed by atoms with Crippen molar-refractivity contribution in [2.45, 2.75) is 6.92 Å². The second-order valence-corrected chi connectivity index (χ2v) is 2.70. The Morgan fingerprint density at radius 3 is 2.83 bits per heavy atom. The molecule has 2 N–H and O–H groups in total. The molecule has 64 valence electrons. The van der Waals surface area contributed by atoms with Gasteiger partial charge in [0.2, 0.25) is 5.91 Å². The maximum Gasteiger partial charge on any atom is 0.221 e. The summed E-state index contributed by atoms with van der Waals surface area (Å²) in [5.74, 6) is -0.259. The Balaban J connectivity index is 3.00. The molecule has 0 saturated carbocycles. The van der Waals surface area contributed by atoms with Crippen molar-refractivity contribution in [3.05, 3.63) is 23.2 Å². The SMILES string of the molecule is CC(=O)Nc1cccc(O)c1Cl.